The number of amides is 2. The molecule has 0 saturated heterocycles. The maximum Gasteiger partial charge on any atom is 0.304 e. The first kappa shape index (κ1) is 22.8. The molecule has 8 heteroatoms. The third-order valence-corrected chi connectivity index (χ3v) is 5.43. The zero-order valence-corrected chi connectivity index (χ0v) is 17.8. The Hall–Kier alpha value is -2.48. The normalized spacial score (nSPS) is 14.4. The third kappa shape index (κ3) is 6.25. The lowest BCUT2D eigenvalue weighted by molar-refractivity contribution is -0.137. The topological polar surface area (TPSA) is 111 Å². The van der Waals surface area contributed by atoms with Crippen molar-refractivity contribution in [3.63, 3.8) is 0 Å². The Bertz CT molecular complexity index is 864. The number of hydrogen-bond acceptors (Lipinski definition) is 4. The van der Waals surface area contributed by atoms with E-state index in [0.29, 0.717) is 12.8 Å². The first-order chi connectivity index (χ1) is 13.7. The lowest BCUT2D eigenvalue weighted by Gasteiger charge is -2.26. The van der Waals surface area contributed by atoms with E-state index in [1.54, 1.807) is 0 Å². The van der Waals surface area contributed by atoms with Crippen molar-refractivity contribution < 1.29 is 19.5 Å². The summed E-state index contributed by atoms with van der Waals surface area (Å²) in [6.45, 7) is 3.92. The number of para-hydroxylation sites is 1. The number of carbonyl (C=O) groups excluding carboxylic acids is 2. The van der Waals surface area contributed by atoms with Gasteiger partial charge < -0.3 is 20.7 Å². The number of aromatic nitrogens is 1. The fourth-order valence-corrected chi connectivity index (χ4v) is 3.86. The number of aromatic amines is 1. The highest BCUT2D eigenvalue weighted by Crippen LogP contribution is 2.24. The second kappa shape index (κ2) is 10.3. The quantitative estimate of drug-likeness (QED) is 0.381. The molecule has 29 heavy (non-hydrogen) atoms. The molecule has 0 spiro atoms. The van der Waals surface area contributed by atoms with Crippen LogP contribution >= 0.6 is 12.6 Å². The van der Waals surface area contributed by atoms with E-state index in [2.05, 4.69) is 28.2 Å². The highest BCUT2D eigenvalue weighted by atomic mass is 32.1. The van der Waals surface area contributed by atoms with Gasteiger partial charge in [0.15, 0.2) is 0 Å². The van der Waals surface area contributed by atoms with E-state index >= 15 is 0 Å². The number of benzene rings is 1. The number of likely N-dealkylation sites (N-methyl/N-ethyl adjacent to an activating group) is 1. The summed E-state index contributed by atoms with van der Waals surface area (Å²) in [6.07, 6.45) is 2.42. The minimum absolute atomic E-state index is 0.182. The Kier molecular flexibility index (Phi) is 8.13. The van der Waals surface area contributed by atoms with Crippen molar-refractivity contribution in [2.24, 2.45) is 11.8 Å². The van der Waals surface area contributed by atoms with Crippen LogP contribution in [0.15, 0.2) is 30.5 Å². The molecule has 0 saturated carbocycles. The van der Waals surface area contributed by atoms with Gasteiger partial charge in [-0.1, -0.05) is 32.0 Å². The number of H-pyrrole nitrogens is 1. The van der Waals surface area contributed by atoms with Gasteiger partial charge in [-0.05, 0) is 24.0 Å². The number of hydrogen-bond donors (Lipinski definition) is 5. The molecule has 0 aliphatic rings. The lowest BCUT2D eigenvalue weighted by Crippen LogP contribution is -2.50. The Labute approximate surface area is 176 Å². The van der Waals surface area contributed by atoms with Crippen LogP contribution in [-0.2, 0) is 20.8 Å². The number of carboxylic acids is 1. The van der Waals surface area contributed by atoms with Gasteiger partial charge in [0, 0.05) is 35.8 Å². The van der Waals surface area contributed by atoms with E-state index in [-0.39, 0.29) is 24.2 Å². The molecule has 7 nitrogen and oxygen atoms in total. The maximum absolute atomic E-state index is 13.0. The van der Waals surface area contributed by atoms with E-state index in [9.17, 15) is 14.4 Å². The van der Waals surface area contributed by atoms with E-state index in [1.165, 1.54) is 7.05 Å². The summed E-state index contributed by atoms with van der Waals surface area (Å²) in [6, 6.07) is 6.98. The van der Waals surface area contributed by atoms with Crippen LogP contribution in [0.2, 0.25) is 0 Å². The van der Waals surface area contributed by atoms with Crippen molar-refractivity contribution >= 4 is 41.3 Å². The monoisotopic (exact) mass is 419 g/mol. The van der Waals surface area contributed by atoms with Gasteiger partial charge in [0.1, 0.15) is 6.04 Å². The summed E-state index contributed by atoms with van der Waals surface area (Å²) in [4.78, 5) is 39.7. The van der Waals surface area contributed by atoms with Crippen molar-refractivity contribution in [1.29, 1.82) is 0 Å². The van der Waals surface area contributed by atoms with Crippen molar-refractivity contribution in [2.45, 2.75) is 44.4 Å². The Balaban J connectivity index is 2.21. The molecular weight excluding hydrogens is 390 g/mol. The predicted octanol–water partition coefficient (Wildman–Crippen LogP) is 2.38. The molecule has 0 aliphatic carbocycles. The largest absolute Gasteiger partial charge is 0.481 e. The molecule has 3 unspecified atom stereocenters. The number of aliphatic carboxylic acids is 1. The van der Waals surface area contributed by atoms with E-state index in [4.69, 9.17) is 5.11 Å². The summed E-state index contributed by atoms with van der Waals surface area (Å²) < 4.78 is 0. The Morgan fingerprint density at radius 1 is 1.17 bits per heavy atom. The number of nitrogens with one attached hydrogen (secondary N) is 3. The van der Waals surface area contributed by atoms with Crippen molar-refractivity contribution in [3.8, 4) is 0 Å². The molecule has 2 rings (SSSR count). The molecule has 1 aromatic carbocycles. The van der Waals surface area contributed by atoms with Gasteiger partial charge >= 0.3 is 5.97 Å². The molecule has 3 atom stereocenters. The van der Waals surface area contributed by atoms with Crippen LogP contribution in [0.4, 0.5) is 0 Å². The SMILES string of the molecule is CNC(=O)C(Cc1c[nH]c2ccccc12)NC(=O)C(CC(C)C)C(S)CC(=O)O. The first-order valence-corrected chi connectivity index (χ1v) is 10.2. The molecular formula is C21H29N3O4S. The average Bonchev–Trinajstić information content (AvgIpc) is 3.07. The molecule has 2 aromatic rings. The zero-order valence-electron chi connectivity index (χ0n) is 16.9. The lowest BCUT2D eigenvalue weighted by atomic mass is 9.91. The standard InChI is InChI=1S/C21H29N3O4S/c1-12(2)8-15(18(29)10-19(25)26)20(27)24-17(21(28)22-3)9-13-11-23-16-7-5-4-6-14(13)16/h4-7,11-12,15,17-18,23,29H,8-10H2,1-3H3,(H,22,28)(H,24,27)(H,25,26). The van der Waals surface area contributed by atoms with Crippen LogP contribution < -0.4 is 10.6 Å². The van der Waals surface area contributed by atoms with Crippen LogP contribution in [0.1, 0.15) is 32.3 Å². The minimum Gasteiger partial charge on any atom is -0.481 e. The van der Waals surface area contributed by atoms with Crippen molar-refractivity contribution in [1.82, 2.24) is 15.6 Å². The van der Waals surface area contributed by atoms with Gasteiger partial charge in [0.05, 0.1) is 12.3 Å². The van der Waals surface area contributed by atoms with E-state index < -0.39 is 23.2 Å². The second-order valence-corrected chi connectivity index (χ2v) is 8.30. The first-order valence-electron chi connectivity index (χ1n) is 9.69. The van der Waals surface area contributed by atoms with E-state index in [0.717, 1.165) is 16.5 Å². The van der Waals surface area contributed by atoms with Gasteiger partial charge in [0.25, 0.3) is 0 Å². The molecule has 2 amide bonds. The molecule has 1 heterocycles. The van der Waals surface area contributed by atoms with Crippen LogP contribution in [0.3, 0.4) is 0 Å². The summed E-state index contributed by atoms with van der Waals surface area (Å²) in [5.74, 6) is -2.09. The molecule has 0 radical (unpaired) electrons. The zero-order chi connectivity index (χ0) is 21.6. The maximum atomic E-state index is 13.0. The number of thiol groups is 1. The third-order valence-electron chi connectivity index (χ3n) is 4.89. The predicted molar refractivity (Wildman–Crippen MR) is 116 cm³/mol. The summed E-state index contributed by atoms with van der Waals surface area (Å²) in [7, 11) is 1.52. The number of carboxylic acid groups (broad SMARTS) is 1. The summed E-state index contributed by atoms with van der Waals surface area (Å²) in [5, 5.41) is 14.9. The highest BCUT2D eigenvalue weighted by molar-refractivity contribution is 7.81. The van der Waals surface area contributed by atoms with Gasteiger partial charge in [0.2, 0.25) is 11.8 Å². The van der Waals surface area contributed by atoms with Gasteiger partial charge in [-0.2, -0.15) is 12.6 Å². The highest BCUT2D eigenvalue weighted by Gasteiger charge is 2.31. The average molecular weight is 420 g/mol. The fourth-order valence-electron chi connectivity index (χ4n) is 3.45. The number of carbonyl (C=O) groups is 3. The van der Waals surface area contributed by atoms with Crippen LogP contribution in [0, 0.1) is 11.8 Å². The molecule has 0 bridgehead atoms. The van der Waals surface area contributed by atoms with Crippen LogP contribution in [-0.4, -0.2) is 46.2 Å². The smallest absolute Gasteiger partial charge is 0.304 e. The summed E-state index contributed by atoms with van der Waals surface area (Å²) in [5.41, 5.74) is 1.88. The van der Waals surface area contributed by atoms with Crippen molar-refractivity contribution in [2.75, 3.05) is 7.05 Å². The van der Waals surface area contributed by atoms with Gasteiger partial charge in [-0.25, -0.2) is 0 Å². The van der Waals surface area contributed by atoms with Gasteiger partial charge in [-0.15, -0.1) is 0 Å². The molecule has 0 fully saturated rings. The minimum atomic E-state index is -1.01. The number of rotatable bonds is 10. The van der Waals surface area contributed by atoms with Crippen LogP contribution in [0.25, 0.3) is 10.9 Å². The Morgan fingerprint density at radius 2 is 1.86 bits per heavy atom. The van der Waals surface area contributed by atoms with E-state index in [1.807, 2.05) is 44.3 Å². The Morgan fingerprint density at radius 3 is 2.48 bits per heavy atom. The second-order valence-electron chi connectivity index (χ2n) is 7.64. The number of fused-ring (bicyclic) bond motifs is 1. The molecule has 0 aliphatic heterocycles. The van der Waals surface area contributed by atoms with Gasteiger partial charge in [-0.3, -0.25) is 14.4 Å². The van der Waals surface area contributed by atoms with Crippen LogP contribution in [0.5, 0.6) is 0 Å². The molecule has 158 valence electrons. The summed E-state index contributed by atoms with van der Waals surface area (Å²) >= 11 is 4.37. The fraction of sp³-hybridized carbons (Fsp3) is 0.476. The molecule has 1 aromatic heterocycles. The van der Waals surface area contributed by atoms with Crippen molar-refractivity contribution in [3.05, 3.63) is 36.0 Å². The molecule has 4 N–H and O–H groups in total.